The van der Waals surface area contributed by atoms with Crippen molar-refractivity contribution in [3.8, 4) is 67.8 Å². The highest BCUT2D eigenvalue weighted by atomic mass is 16.3. The summed E-state index contributed by atoms with van der Waals surface area (Å²) in [4.78, 5) is 15.6. The standard InChI is InChI=1S/C63H39N5O/c1-5-18-40(19-6-1)43-24-17-25-45(38-43)62-64-61(42-22-9-3-10-23-42)65-63(66-62)49-33-35-55(59-48-29-14-16-31-56(48)69-60(49)59)68-52-34-32-44(41-20-7-2-8-21-41)39-50(52)58-54(68)37-36-53-57(58)47-28-13-15-30-51(47)67(53)46-26-11-4-12-27-46/h1-39H. The van der Waals surface area contributed by atoms with Crippen molar-refractivity contribution >= 4 is 65.6 Å². The van der Waals surface area contributed by atoms with E-state index in [-0.39, 0.29) is 0 Å². The van der Waals surface area contributed by atoms with Crippen LogP contribution in [0.1, 0.15) is 0 Å². The lowest BCUT2D eigenvalue weighted by Gasteiger charge is -2.13. The summed E-state index contributed by atoms with van der Waals surface area (Å²) in [6.07, 6.45) is 0. The van der Waals surface area contributed by atoms with Gasteiger partial charge in [0.1, 0.15) is 11.2 Å². The summed E-state index contributed by atoms with van der Waals surface area (Å²) in [6, 6.07) is 83.3. The molecule has 0 aliphatic heterocycles. The summed E-state index contributed by atoms with van der Waals surface area (Å²) in [5, 5.41) is 6.78. The molecule has 0 saturated heterocycles. The molecule has 0 aliphatic rings. The van der Waals surface area contributed by atoms with Gasteiger partial charge in [0.15, 0.2) is 17.5 Å². The number of rotatable bonds is 7. The van der Waals surface area contributed by atoms with Gasteiger partial charge < -0.3 is 13.6 Å². The second-order valence-corrected chi connectivity index (χ2v) is 17.5. The van der Waals surface area contributed by atoms with Crippen molar-refractivity contribution < 1.29 is 4.42 Å². The molecular weight excluding hydrogens is 843 g/mol. The molecule has 0 bridgehead atoms. The molecule has 0 fully saturated rings. The fourth-order valence-electron chi connectivity index (χ4n) is 10.5. The summed E-state index contributed by atoms with van der Waals surface area (Å²) in [5.74, 6) is 1.70. The van der Waals surface area contributed by atoms with Crippen molar-refractivity contribution in [2.45, 2.75) is 0 Å². The van der Waals surface area contributed by atoms with Crippen LogP contribution in [0.5, 0.6) is 0 Å². The van der Waals surface area contributed by atoms with Crippen molar-refractivity contribution in [1.29, 1.82) is 0 Å². The molecule has 0 spiro atoms. The number of furan rings is 1. The molecule has 0 unspecified atom stereocenters. The number of fused-ring (bicyclic) bond motifs is 10. The molecule has 0 saturated carbocycles. The van der Waals surface area contributed by atoms with Crippen LogP contribution >= 0.6 is 0 Å². The second-order valence-electron chi connectivity index (χ2n) is 17.5. The number of benzene rings is 10. The third kappa shape index (κ3) is 6.23. The third-order valence-electron chi connectivity index (χ3n) is 13.6. The van der Waals surface area contributed by atoms with Crippen LogP contribution in [0, 0.1) is 0 Å². The van der Waals surface area contributed by atoms with E-state index in [0.29, 0.717) is 23.1 Å². The van der Waals surface area contributed by atoms with Gasteiger partial charge in [-0.3, -0.25) is 0 Å². The van der Waals surface area contributed by atoms with Gasteiger partial charge in [-0.15, -0.1) is 0 Å². The van der Waals surface area contributed by atoms with E-state index in [1.165, 1.54) is 27.1 Å². The molecule has 14 aromatic rings. The Morgan fingerprint density at radius 3 is 1.57 bits per heavy atom. The van der Waals surface area contributed by atoms with Gasteiger partial charge in [0.25, 0.3) is 0 Å². The zero-order chi connectivity index (χ0) is 45.4. The third-order valence-corrected chi connectivity index (χ3v) is 13.6. The van der Waals surface area contributed by atoms with E-state index in [1.54, 1.807) is 0 Å². The van der Waals surface area contributed by atoms with Crippen LogP contribution in [0.2, 0.25) is 0 Å². The first-order chi connectivity index (χ1) is 34.2. The molecule has 4 aromatic heterocycles. The topological polar surface area (TPSA) is 61.7 Å². The first-order valence-electron chi connectivity index (χ1n) is 23.3. The van der Waals surface area contributed by atoms with Crippen LogP contribution in [0.4, 0.5) is 0 Å². The number of nitrogens with zero attached hydrogens (tertiary/aromatic N) is 5. The van der Waals surface area contributed by atoms with E-state index < -0.39 is 0 Å². The molecule has 69 heavy (non-hydrogen) atoms. The van der Waals surface area contributed by atoms with Gasteiger partial charge in [0, 0.05) is 43.7 Å². The molecule has 0 atom stereocenters. The highest BCUT2D eigenvalue weighted by Crippen LogP contribution is 2.46. The monoisotopic (exact) mass is 881 g/mol. The van der Waals surface area contributed by atoms with Gasteiger partial charge in [-0.1, -0.05) is 170 Å². The molecular formula is C63H39N5O. The number of para-hydroxylation sites is 3. The SMILES string of the molecule is c1ccc(-c2cccc(-c3nc(-c4ccccc4)nc(-c4ccc(-n5c6ccc(-c7ccccc7)cc6c6c7c8ccccc8n(-c8ccccc8)c7ccc65)c5c4oc4ccccc45)n3)c2)cc1. The number of aromatic nitrogens is 5. The maximum Gasteiger partial charge on any atom is 0.167 e. The summed E-state index contributed by atoms with van der Waals surface area (Å²) < 4.78 is 11.8. The van der Waals surface area contributed by atoms with Crippen molar-refractivity contribution in [3.63, 3.8) is 0 Å². The Hall–Kier alpha value is -9.39. The predicted octanol–water partition coefficient (Wildman–Crippen LogP) is 16.3. The van der Waals surface area contributed by atoms with Crippen LogP contribution in [-0.4, -0.2) is 24.1 Å². The van der Waals surface area contributed by atoms with Gasteiger partial charge in [-0.05, 0) is 89.0 Å². The summed E-state index contributed by atoms with van der Waals surface area (Å²) in [5.41, 5.74) is 15.3. The fourth-order valence-corrected chi connectivity index (χ4v) is 10.5. The summed E-state index contributed by atoms with van der Waals surface area (Å²) in [7, 11) is 0. The normalized spacial score (nSPS) is 11.8. The quantitative estimate of drug-likeness (QED) is 0.160. The Kier molecular flexibility index (Phi) is 8.79. The Balaban J connectivity index is 1.06. The molecule has 6 nitrogen and oxygen atoms in total. The second kappa shape index (κ2) is 15.6. The minimum Gasteiger partial charge on any atom is -0.455 e. The van der Waals surface area contributed by atoms with Gasteiger partial charge >= 0.3 is 0 Å². The molecule has 0 amide bonds. The molecule has 0 aliphatic carbocycles. The molecule has 10 aromatic carbocycles. The van der Waals surface area contributed by atoms with Crippen molar-refractivity contribution in [2.75, 3.05) is 0 Å². The Morgan fingerprint density at radius 2 is 0.826 bits per heavy atom. The van der Waals surface area contributed by atoms with Gasteiger partial charge in [0.05, 0.1) is 38.7 Å². The van der Waals surface area contributed by atoms with Crippen LogP contribution in [0.3, 0.4) is 0 Å². The Labute approximate surface area is 396 Å². The van der Waals surface area contributed by atoms with E-state index >= 15 is 0 Å². The first kappa shape index (κ1) is 38.8. The van der Waals surface area contributed by atoms with E-state index in [0.717, 1.165) is 83.2 Å². The Bertz CT molecular complexity index is 4290. The zero-order valence-corrected chi connectivity index (χ0v) is 37.2. The lowest BCUT2D eigenvalue weighted by atomic mass is 10.0. The van der Waals surface area contributed by atoms with Crippen LogP contribution in [0.15, 0.2) is 241 Å². The van der Waals surface area contributed by atoms with E-state index in [2.05, 4.69) is 197 Å². The van der Waals surface area contributed by atoms with Crippen LogP contribution in [-0.2, 0) is 0 Å². The van der Waals surface area contributed by atoms with Gasteiger partial charge in [0.2, 0.25) is 0 Å². The molecule has 0 N–H and O–H groups in total. The molecule has 4 heterocycles. The lowest BCUT2D eigenvalue weighted by molar-refractivity contribution is 0.669. The fraction of sp³-hybridized carbons (Fsp3) is 0. The maximum atomic E-state index is 7.01. The average molecular weight is 882 g/mol. The maximum absolute atomic E-state index is 7.01. The largest absolute Gasteiger partial charge is 0.455 e. The highest BCUT2D eigenvalue weighted by Gasteiger charge is 2.25. The van der Waals surface area contributed by atoms with Gasteiger partial charge in [-0.25, -0.2) is 15.0 Å². The predicted molar refractivity (Wildman–Crippen MR) is 283 cm³/mol. The highest BCUT2D eigenvalue weighted by molar-refractivity contribution is 6.30. The molecule has 6 heteroatoms. The molecule has 14 rings (SSSR count). The zero-order valence-electron chi connectivity index (χ0n) is 37.2. The van der Waals surface area contributed by atoms with Crippen molar-refractivity contribution in [2.24, 2.45) is 0 Å². The van der Waals surface area contributed by atoms with E-state index in [4.69, 9.17) is 19.4 Å². The van der Waals surface area contributed by atoms with Crippen LogP contribution < -0.4 is 0 Å². The van der Waals surface area contributed by atoms with E-state index in [1.807, 2.05) is 48.5 Å². The molecule has 322 valence electrons. The smallest absolute Gasteiger partial charge is 0.167 e. The summed E-state index contributed by atoms with van der Waals surface area (Å²) in [6.45, 7) is 0. The molecule has 0 radical (unpaired) electrons. The lowest BCUT2D eigenvalue weighted by Crippen LogP contribution is -2.01. The minimum absolute atomic E-state index is 0.532. The Morgan fingerprint density at radius 1 is 0.304 bits per heavy atom. The first-order valence-corrected chi connectivity index (χ1v) is 23.3. The van der Waals surface area contributed by atoms with Gasteiger partial charge in [-0.2, -0.15) is 0 Å². The van der Waals surface area contributed by atoms with Crippen molar-refractivity contribution in [3.05, 3.63) is 237 Å². The number of hydrogen-bond acceptors (Lipinski definition) is 4. The average Bonchev–Trinajstić information content (AvgIpc) is 4.09. The van der Waals surface area contributed by atoms with Crippen molar-refractivity contribution in [1.82, 2.24) is 24.1 Å². The summed E-state index contributed by atoms with van der Waals surface area (Å²) >= 11 is 0. The van der Waals surface area contributed by atoms with Crippen LogP contribution in [0.25, 0.3) is 133 Å². The number of hydrogen-bond donors (Lipinski definition) is 0. The minimum atomic E-state index is 0.532. The van der Waals surface area contributed by atoms with E-state index in [9.17, 15) is 0 Å².